The van der Waals surface area contributed by atoms with Crippen LogP contribution in [0.4, 0.5) is 30.4 Å². The average Bonchev–Trinajstić information content (AvgIpc) is 4.22. The fourth-order valence-corrected chi connectivity index (χ4v) is 10.3. The van der Waals surface area contributed by atoms with Gasteiger partial charge >= 0.3 is 5.97 Å². The van der Waals surface area contributed by atoms with E-state index in [9.17, 15) is 32.3 Å². The summed E-state index contributed by atoms with van der Waals surface area (Å²) in [4.78, 5) is 56.7. The minimum Gasteiger partial charge on any atom is -0.496 e. The molecular weight excluding hydrogens is 946 g/mol. The van der Waals surface area contributed by atoms with Gasteiger partial charge in [-0.1, -0.05) is 44.2 Å². The number of halogens is 3. The summed E-state index contributed by atoms with van der Waals surface area (Å²) in [5.74, 6) is -1.01. The van der Waals surface area contributed by atoms with Gasteiger partial charge in [0.15, 0.2) is 11.3 Å². The van der Waals surface area contributed by atoms with Gasteiger partial charge in [0.1, 0.15) is 29.5 Å². The van der Waals surface area contributed by atoms with Crippen molar-refractivity contribution in [3.05, 3.63) is 118 Å². The number of hydrogen-bond donors (Lipinski definition) is 4. The number of hydrogen-bond acceptors (Lipinski definition) is 11. The molecule has 1 saturated carbocycles. The Morgan fingerprint density at radius 3 is 2.37 bits per heavy atom. The first kappa shape index (κ1) is 50.9. The molecule has 2 bridgehead atoms. The van der Waals surface area contributed by atoms with Crippen LogP contribution in [0.3, 0.4) is 0 Å². The number of anilines is 3. The molecule has 9 rings (SSSR count). The van der Waals surface area contributed by atoms with E-state index in [0.29, 0.717) is 35.9 Å². The van der Waals surface area contributed by atoms with E-state index in [1.807, 2.05) is 12.1 Å². The lowest BCUT2D eigenvalue weighted by atomic mass is 9.86. The number of amides is 2. The lowest BCUT2D eigenvalue weighted by molar-refractivity contribution is -0.137. The van der Waals surface area contributed by atoms with Crippen LogP contribution in [0.15, 0.2) is 84.2 Å². The van der Waals surface area contributed by atoms with Gasteiger partial charge in [0.05, 0.1) is 55.0 Å². The molecule has 2 amide bonds. The number of alkyl halides is 2. The Morgan fingerprint density at radius 1 is 0.877 bits per heavy atom. The zero-order valence-corrected chi connectivity index (χ0v) is 40.8. The lowest BCUT2D eigenvalue weighted by Crippen LogP contribution is -2.37. The maximum Gasteiger partial charge on any atom is 0.323 e. The highest BCUT2D eigenvalue weighted by Gasteiger charge is 2.40. The molecule has 3 aliphatic rings. The van der Waals surface area contributed by atoms with Gasteiger partial charge in [-0.05, 0) is 123 Å². The zero-order chi connectivity index (χ0) is 51.0. The molecule has 1 aliphatic carbocycles. The molecular formula is C53H61F3N10O7. The molecule has 6 heterocycles. The van der Waals surface area contributed by atoms with Crippen LogP contribution >= 0.6 is 0 Å². The molecule has 0 radical (unpaired) electrons. The molecule has 4 aromatic heterocycles. The van der Waals surface area contributed by atoms with Gasteiger partial charge in [0.25, 0.3) is 23.8 Å². The second kappa shape index (κ2) is 23.2. The molecule has 3 fully saturated rings. The van der Waals surface area contributed by atoms with Crippen molar-refractivity contribution < 1.29 is 42.1 Å². The highest BCUT2D eigenvalue weighted by Crippen LogP contribution is 2.36. The number of aliphatic carboxylic acids is 1. The van der Waals surface area contributed by atoms with E-state index in [2.05, 4.69) is 31.0 Å². The maximum absolute atomic E-state index is 14.9. The minimum absolute atomic E-state index is 0.00909. The molecule has 386 valence electrons. The van der Waals surface area contributed by atoms with Crippen molar-refractivity contribution >= 4 is 40.6 Å². The number of aromatic nitrogens is 6. The SMILES string of the molecule is COc1cc(-c2ccc(F)c(CCCCCCCCCNCC3CCC(n4cc(NC(=O)c5cnn6ccc(N7C[C@H]8C[C@@H]7CO8)nc56)c(C(F)F)n4)CC3)c2)ccc1C(=O)Nc1ccc(=O)n(CC(=O)O)c1. The summed E-state index contributed by atoms with van der Waals surface area (Å²) >= 11 is 0. The smallest absolute Gasteiger partial charge is 0.323 e. The molecule has 73 heavy (non-hydrogen) atoms. The number of pyridine rings is 1. The van der Waals surface area contributed by atoms with Crippen LogP contribution in [0.1, 0.15) is 121 Å². The Kier molecular flexibility index (Phi) is 16.2. The number of aryl methyl sites for hydroxylation is 1. The summed E-state index contributed by atoms with van der Waals surface area (Å²) in [5, 5.41) is 26.6. The van der Waals surface area contributed by atoms with E-state index in [1.54, 1.807) is 35.1 Å². The number of carboxylic acids is 1. The lowest BCUT2D eigenvalue weighted by Gasteiger charge is -2.29. The molecule has 2 aliphatic heterocycles. The van der Waals surface area contributed by atoms with Crippen molar-refractivity contribution in [3.8, 4) is 16.9 Å². The molecule has 2 aromatic carbocycles. The largest absolute Gasteiger partial charge is 0.496 e. The summed E-state index contributed by atoms with van der Waals surface area (Å²) < 4.78 is 58.8. The van der Waals surface area contributed by atoms with Crippen LogP contribution < -0.4 is 31.1 Å². The molecule has 17 nitrogen and oxygen atoms in total. The third-order valence-corrected chi connectivity index (χ3v) is 14.3. The van der Waals surface area contributed by atoms with Crippen molar-refractivity contribution in [1.29, 1.82) is 0 Å². The molecule has 0 unspecified atom stereocenters. The topological polar surface area (TPSA) is 199 Å². The van der Waals surface area contributed by atoms with Gasteiger partial charge in [-0.2, -0.15) is 10.2 Å². The van der Waals surface area contributed by atoms with Gasteiger partial charge in [-0.3, -0.25) is 23.9 Å². The normalized spacial score (nSPS) is 18.5. The first-order valence-corrected chi connectivity index (χ1v) is 25.2. The molecule has 2 atom stereocenters. The molecule has 4 N–H and O–H groups in total. The second-order valence-electron chi connectivity index (χ2n) is 19.3. The first-order valence-electron chi connectivity index (χ1n) is 25.2. The van der Waals surface area contributed by atoms with Crippen molar-refractivity contribution in [2.24, 2.45) is 5.92 Å². The van der Waals surface area contributed by atoms with E-state index < -0.39 is 42.0 Å². The summed E-state index contributed by atoms with van der Waals surface area (Å²) in [7, 11) is 1.45. The van der Waals surface area contributed by atoms with E-state index >= 15 is 0 Å². The monoisotopic (exact) mass is 1010 g/mol. The van der Waals surface area contributed by atoms with Crippen molar-refractivity contribution in [3.63, 3.8) is 0 Å². The average molecular weight is 1010 g/mol. The van der Waals surface area contributed by atoms with Crippen LogP contribution in [-0.2, 0) is 22.5 Å². The third-order valence-electron chi connectivity index (χ3n) is 14.3. The zero-order valence-electron chi connectivity index (χ0n) is 40.8. The fourth-order valence-electron chi connectivity index (χ4n) is 10.3. The Morgan fingerprint density at radius 2 is 1.63 bits per heavy atom. The van der Waals surface area contributed by atoms with Gasteiger partial charge < -0.3 is 40.0 Å². The highest BCUT2D eigenvalue weighted by atomic mass is 19.3. The van der Waals surface area contributed by atoms with Gasteiger partial charge in [-0.15, -0.1) is 0 Å². The molecule has 20 heteroatoms. The van der Waals surface area contributed by atoms with Crippen LogP contribution in [0.2, 0.25) is 0 Å². The number of methoxy groups -OCH3 is 1. The molecule has 2 saturated heterocycles. The summed E-state index contributed by atoms with van der Waals surface area (Å²) in [5.41, 5.74) is 2.21. The van der Waals surface area contributed by atoms with Crippen LogP contribution in [0.25, 0.3) is 16.8 Å². The molecule has 0 spiro atoms. The summed E-state index contributed by atoms with van der Waals surface area (Å²) in [6.07, 6.45) is 15.7. The predicted octanol–water partition coefficient (Wildman–Crippen LogP) is 8.70. The Labute approximate surface area is 420 Å². The van der Waals surface area contributed by atoms with E-state index in [1.165, 1.54) is 48.4 Å². The Bertz CT molecular complexity index is 2990. The van der Waals surface area contributed by atoms with Crippen molar-refractivity contribution in [2.75, 3.05) is 48.9 Å². The third kappa shape index (κ3) is 12.2. The second-order valence-corrected chi connectivity index (χ2v) is 19.3. The Hall–Kier alpha value is -7.06. The van der Waals surface area contributed by atoms with Crippen LogP contribution in [0.5, 0.6) is 5.75 Å². The number of rotatable bonds is 23. The van der Waals surface area contributed by atoms with Gasteiger partial charge in [0.2, 0.25) is 0 Å². The van der Waals surface area contributed by atoms with E-state index in [-0.39, 0.29) is 46.5 Å². The number of nitrogens with zero attached hydrogens (tertiary/aromatic N) is 7. The number of carboxylic acid groups (broad SMARTS) is 1. The number of morpholine rings is 1. The Balaban J connectivity index is 0.655. The van der Waals surface area contributed by atoms with Crippen LogP contribution in [0, 0.1) is 11.7 Å². The van der Waals surface area contributed by atoms with Gasteiger partial charge in [-0.25, -0.2) is 22.7 Å². The highest BCUT2D eigenvalue weighted by molar-refractivity contribution is 6.08. The number of carbonyl (C=O) groups is 3. The van der Waals surface area contributed by atoms with Gasteiger partial charge in [0, 0.05) is 31.2 Å². The van der Waals surface area contributed by atoms with Crippen molar-refractivity contribution in [1.82, 2.24) is 34.3 Å². The minimum atomic E-state index is -2.86. The van der Waals surface area contributed by atoms with E-state index in [4.69, 9.17) is 19.6 Å². The number of benzene rings is 2. The van der Waals surface area contributed by atoms with Crippen LogP contribution in [-0.4, -0.2) is 97.3 Å². The quantitative estimate of drug-likeness (QED) is 0.0446. The first-order chi connectivity index (χ1) is 35.4. The fraction of sp³-hybridized carbons (Fsp3) is 0.453. The number of unbranched alkanes of at least 4 members (excludes halogenated alkanes) is 6. The molecule has 6 aromatic rings. The summed E-state index contributed by atoms with van der Waals surface area (Å²) in [6.45, 7) is 2.67. The summed E-state index contributed by atoms with van der Waals surface area (Å²) in [6, 6.07) is 14.7. The van der Waals surface area contributed by atoms with E-state index in [0.717, 1.165) is 118 Å². The number of ether oxygens (including phenoxy) is 2. The number of fused-ring (bicyclic) bond motifs is 3. The standard InChI is InChI=1S/C53H61F3N10O7/c1-72-45-24-35(12-17-41(45)52(70)59-37-14-19-47(67)63(28-37)31-48(68)69)34-13-18-43(54)36(23-34)9-7-5-3-2-4-6-8-21-57-26-33-10-15-38(16-11-33)66-30-44(49(62-66)50(55)56)60-53(71)42-27-58-65-22-20-46(61-51(42)65)64-29-40-25-39(64)32-73-40/h12-14,17-20,22-24,27-28,30,33,38-40,50,57H,2-11,15-16,21,25-26,29,31-32H2,1H3,(H,59,70)(H,60,71)(H,68,69)/t33?,38?,39-,40-/m1/s1. The predicted molar refractivity (Wildman–Crippen MR) is 268 cm³/mol. The number of carbonyl (C=O) groups excluding carboxylic acids is 2. The van der Waals surface area contributed by atoms with Crippen molar-refractivity contribution in [2.45, 2.75) is 115 Å². The number of nitrogens with one attached hydrogen (secondary N) is 3. The maximum atomic E-state index is 14.9.